The van der Waals surface area contributed by atoms with E-state index < -0.39 is 12.1 Å². The average Bonchev–Trinajstić information content (AvgIpc) is 2.38. The van der Waals surface area contributed by atoms with Crippen LogP contribution in [0.4, 0.5) is 0 Å². The number of carbonyl (C=O) groups is 1. The minimum atomic E-state index is -1.12. The highest BCUT2D eigenvalue weighted by Gasteiger charge is 2.23. The summed E-state index contributed by atoms with van der Waals surface area (Å²) < 4.78 is 15.8. The Kier molecular flexibility index (Phi) is 4.01. The summed E-state index contributed by atoms with van der Waals surface area (Å²) in [6, 6.07) is 4.86. The van der Waals surface area contributed by atoms with Gasteiger partial charge in [-0.25, -0.2) is 4.79 Å². The highest BCUT2D eigenvalue weighted by molar-refractivity contribution is 5.74. The van der Waals surface area contributed by atoms with E-state index in [2.05, 4.69) is 0 Å². The molecule has 0 aromatic heterocycles. The molecule has 0 fully saturated rings. The van der Waals surface area contributed by atoms with Crippen LogP contribution in [0.1, 0.15) is 11.7 Å². The summed E-state index contributed by atoms with van der Waals surface area (Å²) >= 11 is 0. The molecular weight excluding hydrogens is 240 g/mol. The lowest BCUT2D eigenvalue weighted by Crippen LogP contribution is -2.19. The van der Waals surface area contributed by atoms with E-state index in [-0.39, 0.29) is 13.2 Å². The highest BCUT2D eigenvalue weighted by Crippen LogP contribution is 2.33. The van der Waals surface area contributed by atoms with Gasteiger partial charge in [-0.15, -0.1) is 0 Å². The number of carboxylic acids is 1. The molecule has 0 saturated heterocycles. The molecule has 1 atom stereocenters. The number of benzene rings is 1. The molecule has 2 rings (SSSR count). The summed E-state index contributed by atoms with van der Waals surface area (Å²) in [6.45, 7) is 0.654. The van der Waals surface area contributed by atoms with Crippen molar-refractivity contribution in [2.75, 3.05) is 26.4 Å². The van der Waals surface area contributed by atoms with E-state index >= 15 is 0 Å². The molecule has 1 aromatic carbocycles. The van der Waals surface area contributed by atoms with Crippen LogP contribution in [0.2, 0.25) is 0 Å². The van der Waals surface area contributed by atoms with Gasteiger partial charge in [-0.3, -0.25) is 0 Å². The van der Waals surface area contributed by atoms with Gasteiger partial charge in [0.15, 0.2) is 17.6 Å². The first-order valence-corrected chi connectivity index (χ1v) is 5.57. The van der Waals surface area contributed by atoms with Crippen LogP contribution in [0.5, 0.6) is 11.5 Å². The van der Waals surface area contributed by atoms with Crippen molar-refractivity contribution in [1.29, 1.82) is 0 Å². The van der Waals surface area contributed by atoms with Gasteiger partial charge in [0.2, 0.25) is 0 Å². The fourth-order valence-electron chi connectivity index (χ4n) is 1.70. The van der Waals surface area contributed by atoms with E-state index in [1.165, 1.54) is 0 Å². The SMILES string of the molecule is O=C(O)C(OCCO)c1ccc2c(c1)OCCO2. The normalized spacial score (nSPS) is 15.2. The molecule has 1 unspecified atom stereocenters. The van der Waals surface area contributed by atoms with Crippen LogP contribution < -0.4 is 9.47 Å². The molecule has 1 aliphatic rings. The monoisotopic (exact) mass is 254 g/mol. The topological polar surface area (TPSA) is 85.2 Å². The maximum atomic E-state index is 11.1. The lowest BCUT2D eigenvalue weighted by atomic mass is 10.1. The zero-order chi connectivity index (χ0) is 13.0. The standard InChI is InChI=1S/C12H14O6/c13-3-4-18-11(12(14)15)8-1-2-9-10(7-8)17-6-5-16-9/h1-2,7,11,13H,3-6H2,(H,14,15). The van der Waals surface area contributed by atoms with Crippen LogP contribution in [-0.2, 0) is 9.53 Å². The zero-order valence-electron chi connectivity index (χ0n) is 9.67. The van der Waals surface area contributed by atoms with Crippen LogP contribution in [0, 0.1) is 0 Å². The van der Waals surface area contributed by atoms with Crippen molar-refractivity contribution in [3.8, 4) is 11.5 Å². The molecule has 1 aromatic rings. The molecule has 0 saturated carbocycles. The van der Waals surface area contributed by atoms with Crippen LogP contribution in [0.25, 0.3) is 0 Å². The minimum Gasteiger partial charge on any atom is -0.486 e. The van der Waals surface area contributed by atoms with Gasteiger partial charge in [0.25, 0.3) is 0 Å². The predicted molar refractivity (Wildman–Crippen MR) is 60.8 cm³/mol. The zero-order valence-corrected chi connectivity index (χ0v) is 9.67. The molecule has 0 aliphatic carbocycles. The lowest BCUT2D eigenvalue weighted by Gasteiger charge is -2.20. The number of aliphatic hydroxyl groups is 1. The van der Waals surface area contributed by atoms with Gasteiger partial charge in [-0.1, -0.05) is 6.07 Å². The molecular formula is C12H14O6. The quantitative estimate of drug-likeness (QED) is 0.800. The van der Waals surface area contributed by atoms with Crippen LogP contribution in [0.15, 0.2) is 18.2 Å². The molecule has 1 aliphatic heterocycles. The van der Waals surface area contributed by atoms with Gasteiger partial charge in [-0.2, -0.15) is 0 Å². The molecule has 0 spiro atoms. The van der Waals surface area contributed by atoms with Gasteiger partial charge in [0.05, 0.1) is 13.2 Å². The first-order chi connectivity index (χ1) is 8.72. The van der Waals surface area contributed by atoms with Crippen molar-refractivity contribution in [1.82, 2.24) is 0 Å². The van der Waals surface area contributed by atoms with E-state index in [4.69, 9.17) is 24.4 Å². The molecule has 98 valence electrons. The Hall–Kier alpha value is -1.79. The molecule has 6 nitrogen and oxygen atoms in total. The maximum Gasteiger partial charge on any atom is 0.337 e. The molecule has 1 heterocycles. The fraction of sp³-hybridized carbons (Fsp3) is 0.417. The summed E-state index contributed by atoms with van der Waals surface area (Å²) in [5.74, 6) is -0.00553. The average molecular weight is 254 g/mol. The maximum absolute atomic E-state index is 11.1. The molecule has 0 amide bonds. The number of aliphatic carboxylic acids is 1. The first kappa shape index (κ1) is 12.7. The summed E-state index contributed by atoms with van der Waals surface area (Å²) in [4.78, 5) is 11.1. The van der Waals surface area contributed by atoms with Crippen molar-refractivity contribution < 1.29 is 29.2 Å². The van der Waals surface area contributed by atoms with Crippen molar-refractivity contribution in [2.24, 2.45) is 0 Å². The number of ether oxygens (including phenoxy) is 3. The minimum absolute atomic E-state index is 0.0363. The third kappa shape index (κ3) is 2.72. The second-order valence-corrected chi connectivity index (χ2v) is 3.72. The van der Waals surface area contributed by atoms with Crippen molar-refractivity contribution in [3.05, 3.63) is 23.8 Å². The van der Waals surface area contributed by atoms with Crippen molar-refractivity contribution in [3.63, 3.8) is 0 Å². The largest absolute Gasteiger partial charge is 0.486 e. The molecule has 2 N–H and O–H groups in total. The number of carboxylic acid groups (broad SMARTS) is 1. The van der Waals surface area contributed by atoms with E-state index in [1.807, 2.05) is 0 Å². The first-order valence-electron chi connectivity index (χ1n) is 5.57. The van der Waals surface area contributed by atoms with Crippen molar-refractivity contribution in [2.45, 2.75) is 6.10 Å². The number of hydrogen-bond acceptors (Lipinski definition) is 5. The van der Waals surface area contributed by atoms with E-state index in [0.717, 1.165) is 0 Å². The highest BCUT2D eigenvalue weighted by atomic mass is 16.6. The molecule has 0 bridgehead atoms. The fourth-order valence-corrected chi connectivity index (χ4v) is 1.70. The smallest absolute Gasteiger partial charge is 0.337 e. The number of rotatable bonds is 5. The summed E-state index contributed by atoms with van der Waals surface area (Å²) in [7, 11) is 0. The Morgan fingerprint density at radius 1 is 1.33 bits per heavy atom. The summed E-state index contributed by atoms with van der Waals surface area (Å²) in [5, 5.41) is 17.8. The van der Waals surface area contributed by atoms with E-state index in [1.54, 1.807) is 18.2 Å². The lowest BCUT2D eigenvalue weighted by molar-refractivity contribution is -0.151. The van der Waals surface area contributed by atoms with E-state index in [9.17, 15) is 4.79 Å². The number of fused-ring (bicyclic) bond motifs is 1. The third-order valence-corrected chi connectivity index (χ3v) is 2.47. The summed E-state index contributed by atoms with van der Waals surface area (Å²) in [5.41, 5.74) is 0.459. The molecule has 6 heteroatoms. The van der Waals surface area contributed by atoms with Crippen LogP contribution in [-0.4, -0.2) is 42.6 Å². The van der Waals surface area contributed by atoms with Crippen LogP contribution >= 0.6 is 0 Å². The molecule has 18 heavy (non-hydrogen) atoms. The predicted octanol–water partition coefficient (Wildman–Crippen LogP) is 0.592. The molecule has 0 radical (unpaired) electrons. The number of aliphatic hydroxyl groups excluding tert-OH is 1. The number of hydrogen-bond donors (Lipinski definition) is 2. The summed E-state index contributed by atoms with van der Waals surface area (Å²) in [6.07, 6.45) is -1.12. The van der Waals surface area contributed by atoms with Gasteiger partial charge in [0, 0.05) is 0 Å². The second kappa shape index (κ2) is 5.70. The van der Waals surface area contributed by atoms with Crippen molar-refractivity contribution >= 4 is 5.97 Å². The Balaban J connectivity index is 2.22. The van der Waals surface area contributed by atoms with E-state index in [0.29, 0.717) is 30.3 Å². The Labute approximate surface area is 104 Å². The second-order valence-electron chi connectivity index (χ2n) is 3.72. The van der Waals surface area contributed by atoms with Gasteiger partial charge >= 0.3 is 5.97 Å². The Morgan fingerprint density at radius 3 is 2.72 bits per heavy atom. The van der Waals surface area contributed by atoms with Gasteiger partial charge < -0.3 is 24.4 Å². The van der Waals surface area contributed by atoms with Gasteiger partial charge in [-0.05, 0) is 17.7 Å². The third-order valence-electron chi connectivity index (χ3n) is 2.47. The van der Waals surface area contributed by atoms with Crippen LogP contribution in [0.3, 0.4) is 0 Å². The Morgan fingerprint density at radius 2 is 2.06 bits per heavy atom. The Bertz CT molecular complexity index is 431. The van der Waals surface area contributed by atoms with Gasteiger partial charge in [0.1, 0.15) is 13.2 Å².